The fourth-order valence-electron chi connectivity index (χ4n) is 4.02. The number of nitrogens with zero attached hydrogens (tertiary/aromatic N) is 1. The summed E-state index contributed by atoms with van der Waals surface area (Å²) in [6, 6.07) is 4.84. The van der Waals surface area contributed by atoms with Crippen molar-refractivity contribution in [3.63, 3.8) is 0 Å². The first kappa shape index (κ1) is 12.2. The van der Waals surface area contributed by atoms with E-state index in [0.29, 0.717) is 6.04 Å². The molecule has 18 heavy (non-hydrogen) atoms. The van der Waals surface area contributed by atoms with Gasteiger partial charge < -0.3 is 5.32 Å². The van der Waals surface area contributed by atoms with Gasteiger partial charge in [0.2, 0.25) is 0 Å². The Labute approximate surface area is 110 Å². The monoisotopic (exact) mass is 244 g/mol. The number of hydrogen-bond acceptors (Lipinski definition) is 2. The van der Waals surface area contributed by atoms with Crippen LogP contribution in [-0.4, -0.2) is 18.1 Å². The zero-order valence-electron chi connectivity index (χ0n) is 11.5. The maximum atomic E-state index is 4.55. The molecular weight excluding hydrogens is 220 g/mol. The molecule has 0 radical (unpaired) electrons. The fourth-order valence-corrected chi connectivity index (χ4v) is 4.02. The number of pyridine rings is 1. The van der Waals surface area contributed by atoms with E-state index in [1.54, 1.807) is 0 Å². The molecule has 3 atom stereocenters. The van der Waals surface area contributed by atoms with Crippen molar-refractivity contribution >= 4 is 0 Å². The highest BCUT2D eigenvalue weighted by atomic mass is 14.9. The lowest BCUT2D eigenvalue weighted by atomic mass is 10.0. The van der Waals surface area contributed by atoms with Gasteiger partial charge in [0.25, 0.3) is 0 Å². The highest BCUT2D eigenvalue weighted by Gasteiger charge is 2.53. The molecule has 2 fully saturated rings. The molecule has 1 heterocycles. The van der Waals surface area contributed by atoms with Gasteiger partial charge in [0.1, 0.15) is 0 Å². The molecule has 3 unspecified atom stereocenters. The molecule has 0 bridgehead atoms. The molecular formula is C16H24N2. The number of fused-ring (bicyclic) bond motifs is 1. The van der Waals surface area contributed by atoms with Crippen LogP contribution in [0.15, 0.2) is 18.3 Å². The molecule has 0 aliphatic heterocycles. The predicted molar refractivity (Wildman–Crippen MR) is 74.5 cm³/mol. The number of nitrogens with one attached hydrogen (secondary N) is 1. The third-order valence-corrected chi connectivity index (χ3v) is 5.09. The Morgan fingerprint density at radius 3 is 2.67 bits per heavy atom. The SMILES string of the molecule is CNC(Cc1ncccc1C)C1C2CCCCC21. The van der Waals surface area contributed by atoms with Gasteiger partial charge in [-0.25, -0.2) is 0 Å². The van der Waals surface area contributed by atoms with E-state index >= 15 is 0 Å². The van der Waals surface area contributed by atoms with Gasteiger partial charge in [-0.05, 0) is 56.2 Å². The van der Waals surface area contributed by atoms with Gasteiger partial charge in [-0.15, -0.1) is 0 Å². The van der Waals surface area contributed by atoms with E-state index in [0.717, 1.165) is 24.2 Å². The average Bonchev–Trinajstić information content (AvgIpc) is 3.12. The van der Waals surface area contributed by atoms with Crippen LogP contribution in [0.3, 0.4) is 0 Å². The van der Waals surface area contributed by atoms with Gasteiger partial charge in [-0.1, -0.05) is 18.9 Å². The minimum absolute atomic E-state index is 0.631. The molecule has 2 aliphatic rings. The van der Waals surface area contributed by atoms with Crippen molar-refractivity contribution in [2.24, 2.45) is 17.8 Å². The maximum absolute atomic E-state index is 4.55. The molecule has 0 saturated heterocycles. The Hall–Kier alpha value is -0.890. The van der Waals surface area contributed by atoms with E-state index in [1.165, 1.54) is 36.9 Å². The van der Waals surface area contributed by atoms with Crippen LogP contribution in [0.25, 0.3) is 0 Å². The molecule has 98 valence electrons. The minimum Gasteiger partial charge on any atom is -0.316 e. The van der Waals surface area contributed by atoms with Gasteiger partial charge in [-0.2, -0.15) is 0 Å². The molecule has 1 N–H and O–H groups in total. The summed E-state index contributed by atoms with van der Waals surface area (Å²) < 4.78 is 0. The highest BCUT2D eigenvalue weighted by molar-refractivity contribution is 5.20. The van der Waals surface area contributed by atoms with Gasteiger partial charge in [-0.3, -0.25) is 4.98 Å². The average molecular weight is 244 g/mol. The number of aromatic nitrogens is 1. The van der Waals surface area contributed by atoms with Crippen molar-refractivity contribution in [1.82, 2.24) is 10.3 Å². The van der Waals surface area contributed by atoms with E-state index in [4.69, 9.17) is 0 Å². The molecule has 0 amide bonds. The fraction of sp³-hybridized carbons (Fsp3) is 0.688. The Bertz CT molecular complexity index is 403. The highest BCUT2D eigenvalue weighted by Crippen LogP contribution is 2.57. The van der Waals surface area contributed by atoms with Crippen LogP contribution in [0.1, 0.15) is 36.9 Å². The van der Waals surface area contributed by atoms with Gasteiger partial charge in [0.05, 0.1) is 0 Å². The predicted octanol–water partition coefficient (Wildman–Crippen LogP) is 2.96. The molecule has 1 aromatic heterocycles. The Morgan fingerprint density at radius 2 is 2.06 bits per heavy atom. The molecule has 2 heteroatoms. The Balaban J connectivity index is 1.69. The molecule has 3 rings (SSSR count). The van der Waals surface area contributed by atoms with E-state index in [1.807, 2.05) is 12.3 Å². The smallest absolute Gasteiger partial charge is 0.0448 e. The largest absolute Gasteiger partial charge is 0.316 e. The van der Waals surface area contributed by atoms with Gasteiger partial charge >= 0.3 is 0 Å². The lowest BCUT2D eigenvalue weighted by Crippen LogP contribution is -2.31. The van der Waals surface area contributed by atoms with Crippen LogP contribution in [0.2, 0.25) is 0 Å². The summed E-state index contributed by atoms with van der Waals surface area (Å²) in [7, 11) is 2.12. The van der Waals surface area contributed by atoms with Gasteiger partial charge in [0.15, 0.2) is 0 Å². The van der Waals surface area contributed by atoms with Crippen LogP contribution in [-0.2, 0) is 6.42 Å². The van der Waals surface area contributed by atoms with Crippen LogP contribution >= 0.6 is 0 Å². The maximum Gasteiger partial charge on any atom is 0.0448 e. The third-order valence-electron chi connectivity index (χ3n) is 5.09. The van der Waals surface area contributed by atoms with E-state index < -0.39 is 0 Å². The summed E-state index contributed by atoms with van der Waals surface area (Å²) in [5, 5.41) is 3.56. The Morgan fingerprint density at radius 1 is 1.33 bits per heavy atom. The summed E-state index contributed by atoms with van der Waals surface area (Å²) >= 11 is 0. The van der Waals surface area contributed by atoms with Crippen LogP contribution in [0.5, 0.6) is 0 Å². The number of hydrogen-bond donors (Lipinski definition) is 1. The second-order valence-electron chi connectivity index (χ2n) is 6.06. The number of aryl methyl sites for hydroxylation is 1. The standard InChI is InChI=1S/C16H24N2/c1-11-6-5-9-18-14(11)10-15(17-2)16-12-7-3-4-8-13(12)16/h5-6,9,12-13,15-17H,3-4,7-8,10H2,1-2H3. The van der Waals surface area contributed by atoms with E-state index in [-0.39, 0.29) is 0 Å². The van der Waals surface area contributed by atoms with Crippen molar-refractivity contribution in [1.29, 1.82) is 0 Å². The second kappa shape index (κ2) is 5.00. The van der Waals surface area contributed by atoms with Crippen LogP contribution in [0, 0.1) is 24.7 Å². The van der Waals surface area contributed by atoms with E-state index in [9.17, 15) is 0 Å². The lowest BCUT2D eigenvalue weighted by molar-refractivity contribution is 0.455. The normalized spacial score (nSPS) is 31.8. The summed E-state index contributed by atoms with van der Waals surface area (Å²) in [6.45, 7) is 2.18. The molecule has 2 nitrogen and oxygen atoms in total. The van der Waals surface area contributed by atoms with E-state index in [2.05, 4.69) is 30.3 Å². The molecule has 0 aromatic carbocycles. The molecule has 1 aromatic rings. The van der Waals surface area contributed by atoms with Crippen molar-refractivity contribution in [3.8, 4) is 0 Å². The first-order valence-corrected chi connectivity index (χ1v) is 7.39. The quantitative estimate of drug-likeness (QED) is 0.881. The first-order valence-electron chi connectivity index (χ1n) is 7.39. The van der Waals surface area contributed by atoms with Crippen molar-refractivity contribution in [3.05, 3.63) is 29.6 Å². The molecule has 2 saturated carbocycles. The Kier molecular flexibility index (Phi) is 3.38. The second-order valence-corrected chi connectivity index (χ2v) is 6.06. The summed E-state index contributed by atoms with van der Waals surface area (Å²) in [5.74, 6) is 2.94. The summed E-state index contributed by atoms with van der Waals surface area (Å²) in [6.07, 6.45) is 8.87. The summed E-state index contributed by atoms with van der Waals surface area (Å²) in [5.41, 5.74) is 2.61. The first-order chi connectivity index (χ1) is 8.81. The third kappa shape index (κ3) is 2.18. The van der Waals surface area contributed by atoms with Crippen LogP contribution in [0.4, 0.5) is 0 Å². The van der Waals surface area contributed by atoms with Gasteiger partial charge in [0, 0.05) is 24.4 Å². The van der Waals surface area contributed by atoms with Crippen LogP contribution < -0.4 is 5.32 Å². The zero-order chi connectivity index (χ0) is 12.5. The molecule has 2 aliphatic carbocycles. The molecule has 0 spiro atoms. The summed E-state index contributed by atoms with van der Waals surface area (Å²) in [4.78, 5) is 4.55. The number of likely N-dealkylation sites (N-methyl/N-ethyl adjacent to an activating group) is 1. The zero-order valence-corrected chi connectivity index (χ0v) is 11.5. The minimum atomic E-state index is 0.631. The topological polar surface area (TPSA) is 24.9 Å². The van der Waals surface area contributed by atoms with Crippen molar-refractivity contribution in [2.45, 2.75) is 45.1 Å². The lowest BCUT2D eigenvalue weighted by Gasteiger charge is -2.17. The number of rotatable bonds is 4. The van der Waals surface area contributed by atoms with Crippen molar-refractivity contribution in [2.75, 3.05) is 7.05 Å². The van der Waals surface area contributed by atoms with Crippen molar-refractivity contribution < 1.29 is 0 Å².